The normalized spacial score (nSPS) is 11.8. The van der Waals surface area contributed by atoms with Gasteiger partial charge in [-0.1, -0.05) is 91.0 Å². The second-order valence-corrected chi connectivity index (χ2v) is 16.7. The first-order chi connectivity index (χ1) is 30.3. The van der Waals surface area contributed by atoms with Crippen molar-refractivity contribution in [2.75, 3.05) is 5.73 Å². The molecule has 3 heterocycles. The molecule has 12 aromatic rings. The minimum absolute atomic E-state index is 0.702. The van der Waals surface area contributed by atoms with E-state index in [0.717, 1.165) is 121 Å². The fourth-order valence-electron chi connectivity index (χ4n) is 9.63. The van der Waals surface area contributed by atoms with Gasteiger partial charge in [-0.25, -0.2) is 0 Å². The molecular weight excluding hydrogens is 759 g/mol. The van der Waals surface area contributed by atoms with Gasteiger partial charge in [-0.05, 0) is 167 Å². The lowest BCUT2D eigenvalue weighted by molar-refractivity contribution is 0.633. The van der Waals surface area contributed by atoms with Crippen LogP contribution in [0.3, 0.4) is 0 Å². The van der Waals surface area contributed by atoms with Crippen LogP contribution in [0, 0.1) is 39.8 Å². The number of aryl methyl sites for hydroxylation is 4. The monoisotopic (exact) mass is 797 g/mol. The quantitative estimate of drug-likeness (QED) is 0.176. The van der Waals surface area contributed by atoms with E-state index in [1.54, 1.807) is 0 Å². The van der Waals surface area contributed by atoms with Gasteiger partial charge in [0, 0.05) is 49.1 Å². The predicted octanol–water partition coefficient (Wildman–Crippen LogP) is 16.1. The molecule has 0 aliphatic carbocycles. The maximum atomic E-state index is 6.81. The van der Waals surface area contributed by atoms with E-state index in [-0.39, 0.29) is 0 Å². The van der Waals surface area contributed by atoms with E-state index in [1.165, 1.54) is 22.3 Å². The predicted molar refractivity (Wildman–Crippen MR) is 256 cm³/mol. The number of nitrogen functional groups attached to an aromatic ring is 1. The zero-order valence-corrected chi connectivity index (χ0v) is 34.7. The molecule has 0 amide bonds. The van der Waals surface area contributed by atoms with Gasteiger partial charge in [0.05, 0.1) is 0 Å². The molecule has 62 heavy (non-hydrogen) atoms. The summed E-state index contributed by atoms with van der Waals surface area (Å²) >= 11 is 0. The number of anilines is 1. The molecule has 294 valence electrons. The second kappa shape index (κ2) is 13.5. The summed E-state index contributed by atoms with van der Waals surface area (Å²) in [5, 5.41) is 6.48. The summed E-state index contributed by atoms with van der Waals surface area (Å²) < 4.78 is 19.9. The summed E-state index contributed by atoms with van der Waals surface area (Å²) in [7, 11) is 0. The number of hydrogen-bond donors (Lipinski definition) is 1. The van der Waals surface area contributed by atoms with Crippen LogP contribution in [0.5, 0.6) is 0 Å². The summed E-state index contributed by atoms with van der Waals surface area (Å²) in [6, 6.07) is 59.7. The Morgan fingerprint density at radius 2 is 0.919 bits per heavy atom. The highest BCUT2D eigenvalue weighted by Gasteiger charge is 2.23. The maximum Gasteiger partial charge on any atom is 0.178 e. The first kappa shape index (κ1) is 35.9. The Morgan fingerprint density at radius 3 is 1.52 bits per heavy atom. The number of furan rings is 3. The summed E-state index contributed by atoms with van der Waals surface area (Å²) in [6.07, 6.45) is 0. The van der Waals surface area contributed by atoms with E-state index in [4.69, 9.17) is 19.0 Å². The SMILES string of the molecule is Cc1cc2oc3c4oc5cc(C)c(-c6ccc7oc8ccc(-c9ccccc9)cc8c7c6)cc5c4c(C)c(C)c3c2cc1-c1cc#cc(-c2cc(-c3ccccc3)ccc2N)c1. The molecule has 4 nitrogen and oxygen atoms in total. The van der Waals surface area contributed by atoms with Crippen LogP contribution in [0.1, 0.15) is 22.3 Å². The summed E-state index contributed by atoms with van der Waals surface area (Å²) in [4.78, 5) is 0. The Kier molecular flexibility index (Phi) is 7.82. The zero-order valence-electron chi connectivity index (χ0n) is 34.7. The van der Waals surface area contributed by atoms with E-state index in [0.29, 0.717) is 5.69 Å². The lowest BCUT2D eigenvalue weighted by Gasteiger charge is -2.11. The smallest absolute Gasteiger partial charge is 0.178 e. The van der Waals surface area contributed by atoms with Crippen molar-refractivity contribution in [2.24, 2.45) is 0 Å². The Labute approximate surface area is 358 Å². The third kappa shape index (κ3) is 5.49. The van der Waals surface area contributed by atoms with Crippen LogP contribution in [0.15, 0.2) is 165 Å². The van der Waals surface area contributed by atoms with Gasteiger partial charge in [-0.2, -0.15) is 0 Å². The first-order valence-electron chi connectivity index (χ1n) is 21.0. The molecule has 0 saturated carbocycles. The van der Waals surface area contributed by atoms with Crippen molar-refractivity contribution in [1.29, 1.82) is 0 Å². The van der Waals surface area contributed by atoms with Gasteiger partial charge in [-0.3, -0.25) is 0 Å². The molecule has 0 radical (unpaired) electrons. The van der Waals surface area contributed by atoms with Crippen molar-refractivity contribution >= 4 is 71.5 Å². The third-order valence-corrected chi connectivity index (χ3v) is 13.0. The van der Waals surface area contributed by atoms with Crippen LogP contribution in [0.4, 0.5) is 5.69 Å². The molecule has 4 heteroatoms. The Hall–Kier alpha value is -8.00. The van der Waals surface area contributed by atoms with Crippen LogP contribution in [-0.4, -0.2) is 0 Å². The molecule has 0 aliphatic rings. The molecule has 3 aromatic heterocycles. The van der Waals surface area contributed by atoms with Crippen molar-refractivity contribution in [3.05, 3.63) is 186 Å². The lowest BCUT2D eigenvalue weighted by atomic mass is 9.92. The fourth-order valence-corrected chi connectivity index (χ4v) is 9.63. The highest BCUT2D eigenvalue weighted by molar-refractivity contribution is 6.22. The molecule has 0 unspecified atom stereocenters. The van der Waals surface area contributed by atoms with Gasteiger partial charge in [0.25, 0.3) is 0 Å². The minimum Gasteiger partial charge on any atom is -0.456 e. The molecule has 0 spiro atoms. The van der Waals surface area contributed by atoms with Gasteiger partial charge in [-0.15, -0.1) is 0 Å². The molecule has 0 fully saturated rings. The molecule has 0 bridgehead atoms. The average molecular weight is 798 g/mol. The number of hydrogen-bond acceptors (Lipinski definition) is 4. The highest BCUT2D eigenvalue weighted by Crippen LogP contribution is 2.46. The molecular formula is C58H39NO3. The fraction of sp³-hybridized carbons (Fsp3) is 0.0690. The lowest BCUT2D eigenvalue weighted by Crippen LogP contribution is -1.91. The van der Waals surface area contributed by atoms with Gasteiger partial charge in [0.15, 0.2) is 11.2 Å². The Morgan fingerprint density at radius 1 is 0.403 bits per heavy atom. The molecule has 9 aromatic carbocycles. The van der Waals surface area contributed by atoms with Crippen LogP contribution in [0.2, 0.25) is 0 Å². The summed E-state index contributed by atoms with van der Waals surface area (Å²) in [5.41, 5.74) is 27.7. The van der Waals surface area contributed by atoms with Crippen LogP contribution in [-0.2, 0) is 0 Å². The topological polar surface area (TPSA) is 65.4 Å². The summed E-state index contributed by atoms with van der Waals surface area (Å²) in [6.45, 7) is 8.70. The number of rotatable bonds is 5. The van der Waals surface area contributed by atoms with Crippen molar-refractivity contribution in [2.45, 2.75) is 27.7 Å². The second-order valence-electron chi connectivity index (χ2n) is 16.7. The van der Waals surface area contributed by atoms with Crippen molar-refractivity contribution in [1.82, 2.24) is 0 Å². The van der Waals surface area contributed by atoms with E-state index < -0.39 is 0 Å². The van der Waals surface area contributed by atoms with Crippen molar-refractivity contribution in [3.63, 3.8) is 0 Å². The largest absolute Gasteiger partial charge is 0.456 e. The highest BCUT2D eigenvalue weighted by atomic mass is 16.4. The molecule has 0 atom stereocenters. The standard InChI is InChI=1S/C58H39NO3/c1-32-24-53-48(30-43(32)40-16-11-17-41(26-40)45-27-38(18-21-50(45)59)36-12-7-5-8-13-36)55-34(3)35(4)56-49-31-44(33(2)25-54(49)62-58(56)57(55)61-53)42-20-23-52-47(29-42)46-28-39(19-22-51(46)60-52)37-14-9-6-10-15-37/h5-10,12-16,18-31H,59H2,1-4H3. The number of nitrogens with two attached hydrogens (primary N) is 1. The van der Waals surface area contributed by atoms with Crippen LogP contribution in [0.25, 0.3) is 121 Å². The Bertz CT molecular complexity index is 3790. The van der Waals surface area contributed by atoms with Gasteiger partial charge >= 0.3 is 0 Å². The third-order valence-electron chi connectivity index (χ3n) is 13.0. The average Bonchev–Trinajstić information content (AvgIpc) is 3.99. The maximum absolute atomic E-state index is 6.81. The summed E-state index contributed by atoms with van der Waals surface area (Å²) in [5.74, 6) is 0. The van der Waals surface area contributed by atoms with E-state index in [2.05, 4.69) is 167 Å². The minimum atomic E-state index is 0.702. The van der Waals surface area contributed by atoms with E-state index in [9.17, 15) is 0 Å². The molecule has 0 aliphatic heterocycles. The zero-order chi connectivity index (χ0) is 41.8. The van der Waals surface area contributed by atoms with Crippen LogP contribution < -0.4 is 5.73 Å². The van der Waals surface area contributed by atoms with Gasteiger partial charge in [0.2, 0.25) is 0 Å². The number of benzene rings is 8. The van der Waals surface area contributed by atoms with Crippen molar-refractivity contribution < 1.29 is 13.3 Å². The van der Waals surface area contributed by atoms with Crippen LogP contribution >= 0.6 is 0 Å². The van der Waals surface area contributed by atoms with Gasteiger partial charge in [0.1, 0.15) is 22.3 Å². The van der Waals surface area contributed by atoms with E-state index >= 15 is 0 Å². The molecule has 12 rings (SSSR count). The van der Waals surface area contributed by atoms with Crippen molar-refractivity contribution in [3.8, 4) is 55.6 Å². The molecule has 0 saturated heterocycles. The Balaban J connectivity index is 0.977. The molecule has 2 N–H and O–H groups in total. The first-order valence-corrected chi connectivity index (χ1v) is 21.0. The van der Waals surface area contributed by atoms with E-state index in [1.807, 2.05) is 24.3 Å². The number of fused-ring (bicyclic) bond motifs is 10. The van der Waals surface area contributed by atoms with Gasteiger partial charge < -0.3 is 19.0 Å².